The van der Waals surface area contributed by atoms with Crippen LogP contribution in [-0.2, 0) is 16.2 Å². The maximum atomic E-state index is 12.9. The molecular formula is C26H21IN2O5S. The number of ether oxygens (including phenoxy) is 2. The van der Waals surface area contributed by atoms with Gasteiger partial charge in [0.2, 0.25) is 5.91 Å². The molecular weight excluding hydrogens is 579 g/mol. The first kappa shape index (κ1) is 24.8. The highest BCUT2D eigenvalue weighted by Gasteiger charge is 2.36. The predicted octanol–water partition coefficient (Wildman–Crippen LogP) is 5.55. The molecule has 0 aromatic heterocycles. The van der Waals surface area contributed by atoms with Crippen LogP contribution in [0.3, 0.4) is 0 Å². The van der Waals surface area contributed by atoms with Crippen molar-refractivity contribution in [2.75, 3.05) is 19.0 Å². The molecule has 1 N–H and O–H groups in total. The topological polar surface area (TPSA) is 84.9 Å². The summed E-state index contributed by atoms with van der Waals surface area (Å²) in [5, 5.41) is 2.19. The minimum atomic E-state index is -0.512. The molecule has 0 saturated carbocycles. The van der Waals surface area contributed by atoms with Crippen LogP contribution < -0.4 is 14.8 Å². The summed E-state index contributed by atoms with van der Waals surface area (Å²) >= 11 is 2.95. The van der Waals surface area contributed by atoms with Crippen LogP contribution in [0.4, 0.5) is 10.5 Å². The summed E-state index contributed by atoms with van der Waals surface area (Å²) in [6, 6.07) is 22.2. The van der Waals surface area contributed by atoms with Crippen LogP contribution in [0.1, 0.15) is 11.1 Å². The first-order chi connectivity index (χ1) is 16.9. The largest absolute Gasteiger partial charge is 0.493 e. The summed E-state index contributed by atoms with van der Waals surface area (Å²) in [4.78, 5) is 38.8. The van der Waals surface area contributed by atoms with E-state index >= 15 is 0 Å². The minimum Gasteiger partial charge on any atom is -0.493 e. The van der Waals surface area contributed by atoms with E-state index in [1.165, 1.54) is 0 Å². The van der Waals surface area contributed by atoms with Gasteiger partial charge >= 0.3 is 0 Å². The van der Waals surface area contributed by atoms with E-state index in [1.54, 1.807) is 43.5 Å². The van der Waals surface area contributed by atoms with E-state index in [4.69, 9.17) is 9.47 Å². The van der Waals surface area contributed by atoms with Crippen molar-refractivity contribution < 1.29 is 23.9 Å². The third-order valence-corrected chi connectivity index (χ3v) is 6.72. The molecule has 1 aliphatic rings. The van der Waals surface area contributed by atoms with E-state index in [9.17, 15) is 14.4 Å². The lowest BCUT2D eigenvalue weighted by molar-refractivity contribution is -0.127. The molecule has 1 fully saturated rings. The fourth-order valence-electron chi connectivity index (χ4n) is 3.35. The van der Waals surface area contributed by atoms with Crippen LogP contribution in [0.15, 0.2) is 77.7 Å². The average molecular weight is 600 g/mol. The molecule has 3 amide bonds. The van der Waals surface area contributed by atoms with Crippen molar-refractivity contribution in [3.8, 4) is 11.5 Å². The summed E-state index contributed by atoms with van der Waals surface area (Å²) in [6.07, 6.45) is 1.62. The summed E-state index contributed by atoms with van der Waals surface area (Å²) in [7, 11) is 1.55. The van der Waals surface area contributed by atoms with E-state index < -0.39 is 17.1 Å². The summed E-state index contributed by atoms with van der Waals surface area (Å²) in [5.74, 6) is 0.151. The van der Waals surface area contributed by atoms with Gasteiger partial charge in [0.25, 0.3) is 11.1 Å². The quantitative estimate of drug-likeness (QED) is 0.270. The first-order valence-corrected chi connectivity index (χ1v) is 12.5. The Labute approximate surface area is 220 Å². The number of rotatable bonds is 8. The number of benzene rings is 3. The maximum Gasteiger partial charge on any atom is 0.294 e. The SMILES string of the molecule is COc1cc(/C=C2\SC(=O)N(CC(=O)Nc3ccccc3)C2=O)cc(I)c1OCc1ccccc1. The van der Waals surface area contributed by atoms with Crippen LogP contribution in [0.25, 0.3) is 6.08 Å². The molecule has 0 bridgehead atoms. The number of amides is 3. The van der Waals surface area contributed by atoms with Gasteiger partial charge in [-0.2, -0.15) is 0 Å². The second-order valence-electron chi connectivity index (χ2n) is 7.49. The molecule has 0 radical (unpaired) electrons. The molecule has 9 heteroatoms. The fraction of sp³-hybridized carbons (Fsp3) is 0.115. The van der Waals surface area contributed by atoms with Gasteiger partial charge in [0.1, 0.15) is 13.2 Å². The number of nitrogens with zero attached hydrogens (tertiary/aromatic N) is 1. The molecule has 35 heavy (non-hydrogen) atoms. The molecule has 0 unspecified atom stereocenters. The van der Waals surface area contributed by atoms with E-state index in [0.717, 1.165) is 25.8 Å². The summed E-state index contributed by atoms with van der Waals surface area (Å²) < 4.78 is 12.3. The number of carbonyl (C=O) groups is 3. The molecule has 1 heterocycles. The van der Waals surface area contributed by atoms with Gasteiger partial charge in [-0.05, 0) is 75.8 Å². The zero-order valence-electron chi connectivity index (χ0n) is 18.7. The van der Waals surface area contributed by atoms with Crippen molar-refractivity contribution in [3.63, 3.8) is 0 Å². The van der Waals surface area contributed by atoms with Crippen molar-refractivity contribution in [2.24, 2.45) is 0 Å². The number of thioether (sulfide) groups is 1. The number of nitrogens with one attached hydrogen (secondary N) is 1. The van der Waals surface area contributed by atoms with Crippen LogP contribution in [0, 0.1) is 3.57 Å². The number of methoxy groups -OCH3 is 1. The summed E-state index contributed by atoms with van der Waals surface area (Å²) in [5.41, 5.74) is 2.30. The number of anilines is 1. The highest BCUT2D eigenvalue weighted by Crippen LogP contribution is 2.37. The van der Waals surface area contributed by atoms with Gasteiger partial charge in [-0.1, -0.05) is 48.5 Å². The Balaban J connectivity index is 1.47. The zero-order chi connectivity index (χ0) is 24.8. The Hall–Kier alpha value is -3.31. The number of hydrogen-bond donors (Lipinski definition) is 1. The smallest absolute Gasteiger partial charge is 0.294 e. The fourth-order valence-corrected chi connectivity index (χ4v) is 4.97. The first-order valence-electron chi connectivity index (χ1n) is 10.6. The lowest BCUT2D eigenvalue weighted by atomic mass is 10.1. The second-order valence-corrected chi connectivity index (χ2v) is 9.65. The predicted molar refractivity (Wildman–Crippen MR) is 144 cm³/mol. The van der Waals surface area contributed by atoms with Crippen LogP contribution in [0.5, 0.6) is 11.5 Å². The standard InChI is InChI=1S/C26H21IN2O5S/c1-33-21-13-18(12-20(27)24(21)34-16-17-8-4-2-5-9-17)14-22-25(31)29(26(32)35-22)15-23(30)28-19-10-6-3-7-11-19/h2-14H,15-16H2,1H3,(H,28,30)/b22-14-. The van der Waals surface area contributed by atoms with Crippen LogP contribution >= 0.6 is 34.4 Å². The van der Waals surface area contributed by atoms with Crippen molar-refractivity contribution in [1.29, 1.82) is 0 Å². The van der Waals surface area contributed by atoms with Crippen molar-refractivity contribution >= 4 is 63.2 Å². The molecule has 0 aliphatic carbocycles. The normalized spacial score (nSPS) is 14.3. The Morgan fingerprint density at radius 1 is 1.06 bits per heavy atom. The number of para-hydroxylation sites is 1. The van der Waals surface area contributed by atoms with Gasteiger partial charge in [-0.25, -0.2) is 0 Å². The third kappa shape index (κ3) is 6.23. The van der Waals surface area contributed by atoms with Gasteiger partial charge < -0.3 is 14.8 Å². The monoisotopic (exact) mass is 600 g/mol. The lowest BCUT2D eigenvalue weighted by Crippen LogP contribution is -2.36. The third-order valence-electron chi connectivity index (χ3n) is 5.01. The Morgan fingerprint density at radius 2 is 1.74 bits per heavy atom. The molecule has 7 nitrogen and oxygen atoms in total. The number of imide groups is 1. The van der Waals surface area contributed by atoms with Gasteiger partial charge in [-0.15, -0.1) is 0 Å². The Morgan fingerprint density at radius 3 is 2.43 bits per heavy atom. The average Bonchev–Trinajstić information content (AvgIpc) is 3.11. The van der Waals surface area contributed by atoms with Gasteiger partial charge in [0, 0.05) is 5.69 Å². The second kappa shape index (κ2) is 11.4. The van der Waals surface area contributed by atoms with Gasteiger partial charge in [-0.3, -0.25) is 19.3 Å². The van der Waals surface area contributed by atoms with Gasteiger partial charge in [0.15, 0.2) is 11.5 Å². The minimum absolute atomic E-state index is 0.235. The highest BCUT2D eigenvalue weighted by molar-refractivity contribution is 14.1. The van der Waals surface area contributed by atoms with E-state index in [2.05, 4.69) is 27.9 Å². The van der Waals surface area contributed by atoms with Gasteiger partial charge in [0.05, 0.1) is 15.6 Å². The molecule has 178 valence electrons. The number of hydrogen-bond acceptors (Lipinski definition) is 6. The van der Waals surface area contributed by atoms with Crippen molar-refractivity contribution in [3.05, 3.63) is 92.4 Å². The lowest BCUT2D eigenvalue weighted by Gasteiger charge is -2.14. The summed E-state index contributed by atoms with van der Waals surface area (Å²) in [6.45, 7) is 0.0283. The van der Waals surface area contributed by atoms with E-state index in [-0.39, 0.29) is 11.4 Å². The van der Waals surface area contributed by atoms with E-state index in [0.29, 0.717) is 29.4 Å². The molecule has 0 atom stereocenters. The highest BCUT2D eigenvalue weighted by atomic mass is 127. The molecule has 3 aromatic carbocycles. The van der Waals surface area contributed by atoms with Crippen molar-refractivity contribution in [1.82, 2.24) is 4.90 Å². The number of halogens is 1. The van der Waals surface area contributed by atoms with E-state index in [1.807, 2.05) is 42.5 Å². The molecule has 1 aliphatic heterocycles. The van der Waals surface area contributed by atoms with Crippen LogP contribution in [-0.4, -0.2) is 35.6 Å². The Kier molecular flexibility index (Phi) is 8.09. The van der Waals surface area contributed by atoms with Crippen LogP contribution in [0.2, 0.25) is 0 Å². The maximum absolute atomic E-state index is 12.9. The Bertz CT molecular complexity index is 1280. The number of carbonyl (C=O) groups excluding carboxylic acids is 3. The van der Waals surface area contributed by atoms with Crippen molar-refractivity contribution in [2.45, 2.75) is 6.61 Å². The molecule has 1 saturated heterocycles. The molecule has 4 rings (SSSR count). The molecule has 0 spiro atoms. The zero-order valence-corrected chi connectivity index (χ0v) is 21.7. The molecule has 3 aromatic rings.